The number of thiazole rings is 1. The predicted octanol–water partition coefficient (Wildman–Crippen LogP) is 4.34. The van der Waals surface area contributed by atoms with Gasteiger partial charge in [-0.2, -0.15) is 9.61 Å². The van der Waals surface area contributed by atoms with Crippen LogP contribution in [0.4, 0.5) is 10.9 Å². The number of nitrogens with one attached hydrogen (secondary N) is 1. The van der Waals surface area contributed by atoms with Crippen molar-refractivity contribution in [3.8, 4) is 22.6 Å². The predicted molar refractivity (Wildman–Crippen MR) is 137 cm³/mol. The van der Waals surface area contributed by atoms with Crippen molar-refractivity contribution in [1.29, 1.82) is 0 Å². The van der Waals surface area contributed by atoms with E-state index in [-0.39, 0.29) is 11.8 Å². The van der Waals surface area contributed by atoms with Gasteiger partial charge in [-0.25, -0.2) is 9.97 Å². The maximum Gasteiger partial charge on any atom is 0.229 e. The van der Waals surface area contributed by atoms with Gasteiger partial charge in [0, 0.05) is 47.9 Å². The van der Waals surface area contributed by atoms with Crippen molar-refractivity contribution < 1.29 is 14.3 Å². The maximum atomic E-state index is 12.7. The standard InChI is InChI=1S/C25H28N6O3S/c1-15-13-21(30-10-7-17(8-11-30)24(32)28-25-26-9-12-35-25)31-23(27-15)22(16(2)29-31)18-5-6-19(33-3)20(14-18)34-4/h5-6,9,12-14,17H,7-8,10-11H2,1-4H3,(H,26,28,32). The zero-order chi connectivity index (χ0) is 24.5. The molecule has 0 bridgehead atoms. The van der Waals surface area contributed by atoms with Crippen molar-refractivity contribution in [1.82, 2.24) is 19.6 Å². The summed E-state index contributed by atoms with van der Waals surface area (Å²) in [5, 5.41) is 10.3. The van der Waals surface area contributed by atoms with Crippen LogP contribution in [-0.2, 0) is 4.79 Å². The Morgan fingerprint density at radius 3 is 2.57 bits per heavy atom. The molecule has 35 heavy (non-hydrogen) atoms. The van der Waals surface area contributed by atoms with E-state index in [2.05, 4.69) is 21.3 Å². The molecule has 1 N–H and O–H groups in total. The van der Waals surface area contributed by atoms with E-state index in [1.807, 2.05) is 41.9 Å². The van der Waals surface area contributed by atoms with Gasteiger partial charge in [0.15, 0.2) is 22.3 Å². The summed E-state index contributed by atoms with van der Waals surface area (Å²) in [6.07, 6.45) is 3.23. The van der Waals surface area contributed by atoms with Crippen LogP contribution in [0.2, 0.25) is 0 Å². The molecule has 1 amide bonds. The highest BCUT2D eigenvalue weighted by molar-refractivity contribution is 7.13. The number of ether oxygens (including phenoxy) is 2. The number of amides is 1. The van der Waals surface area contributed by atoms with Crippen LogP contribution >= 0.6 is 11.3 Å². The van der Waals surface area contributed by atoms with Gasteiger partial charge in [-0.1, -0.05) is 6.07 Å². The molecule has 1 aliphatic rings. The van der Waals surface area contributed by atoms with Crippen molar-refractivity contribution in [3.63, 3.8) is 0 Å². The zero-order valence-electron chi connectivity index (χ0n) is 20.2. The van der Waals surface area contributed by atoms with Crippen molar-refractivity contribution >= 4 is 33.8 Å². The first-order valence-corrected chi connectivity index (χ1v) is 12.4. The highest BCUT2D eigenvalue weighted by Gasteiger charge is 2.28. The fourth-order valence-electron chi connectivity index (χ4n) is 4.64. The minimum Gasteiger partial charge on any atom is -0.493 e. The van der Waals surface area contributed by atoms with Crippen LogP contribution in [-0.4, -0.2) is 52.8 Å². The lowest BCUT2D eigenvalue weighted by molar-refractivity contribution is -0.120. The van der Waals surface area contributed by atoms with E-state index in [1.165, 1.54) is 11.3 Å². The Hall–Kier alpha value is -3.66. The van der Waals surface area contributed by atoms with Gasteiger partial charge in [-0.05, 0) is 44.4 Å². The van der Waals surface area contributed by atoms with E-state index in [0.29, 0.717) is 16.6 Å². The summed E-state index contributed by atoms with van der Waals surface area (Å²) in [5.41, 5.74) is 4.53. The first-order valence-electron chi connectivity index (χ1n) is 11.5. The summed E-state index contributed by atoms with van der Waals surface area (Å²) in [7, 11) is 3.26. The Labute approximate surface area is 207 Å². The molecule has 0 radical (unpaired) electrons. The molecular formula is C25H28N6O3S. The number of hydrogen-bond acceptors (Lipinski definition) is 8. The quantitative estimate of drug-likeness (QED) is 0.428. The van der Waals surface area contributed by atoms with Crippen LogP contribution in [0.25, 0.3) is 16.8 Å². The molecule has 0 spiro atoms. The second-order valence-electron chi connectivity index (χ2n) is 8.61. The lowest BCUT2D eigenvalue weighted by atomic mass is 9.96. The highest BCUT2D eigenvalue weighted by atomic mass is 32.1. The summed E-state index contributed by atoms with van der Waals surface area (Å²) in [5.74, 6) is 2.34. The number of anilines is 2. The molecule has 4 heterocycles. The van der Waals surface area contributed by atoms with Crippen LogP contribution in [0.5, 0.6) is 11.5 Å². The molecule has 182 valence electrons. The van der Waals surface area contributed by atoms with Crippen LogP contribution in [0.3, 0.4) is 0 Å². The number of aromatic nitrogens is 4. The SMILES string of the molecule is COc1ccc(-c2c(C)nn3c(N4CCC(C(=O)Nc5nccs5)CC4)cc(C)nc23)cc1OC. The smallest absolute Gasteiger partial charge is 0.229 e. The van der Waals surface area contributed by atoms with E-state index in [0.717, 1.165) is 59.9 Å². The molecule has 4 aromatic rings. The van der Waals surface area contributed by atoms with E-state index in [1.54, 1.807) is 20.4 Å². The number of methoxy groups -OCH3 is 2. The summed E-state index contributed by atoms with van der Waals surface area (Å²) >= 11 is 1.43. The molecule has 1 saturated heterocycles. The Morgan fingerprint density at radius 2 is 1.89 bits per heavy atom. The molecule has 3 aromatic heterocycles. The minimum absolute atomic E-state index is 0.0322. The van der Waals surface area contributed by atoms with Gasteiger partial charge in [-0.3, -0.25) is 4.79 Å². The second kappa shape index (κ2) is 9.53. The Morgan fingerprint density at radius 1 is 1.11 bits per heavy atom. The average Bonchev–Trinajstić information content (AvgIpc) is 3.50. The third kappa shape index (κ3) is 4.41. The third-order valence-corrected chi connectivity index (χ3v) is 7.09. The van der Waals surface area contributed by atoms with Gasteiger partial charge in [-0.15, -0.1) is 11.3 Å². The van der Waals surface area contributed by atoms with Gasteiger partial charge in [0.2, 0.25) is 5.91 Å². The fraction of sp³-hybridized carbons (Fsp3) is 0.360. The molecule has 5 rings (SSSR count). The molecule has 0 atom stereocenters. The first-order chi connectivity index (χ1) is 17.0. The maximum absolute atomic E-state index is 12.7. The fourth-order valence-corrected chi connectivity index (χ4v) is 5.18. The van der Waals surface area contributed by atoms with Crippen LogP contribution in [0.15, 0.2) is 35.8 Å². The minimum atomic E-state index is -0.0322. The van der Waals surface area contributed by atoms with Crippen molar-refractivity contribution in [2.45, 2.75) is 26.7 Å². The number of carbonyl (C=O) groups excluding carboxylic acids is 1. The summed E-state index contributed by atoms with van der Waals surface area (Å²) in [4.78, 5) is 24.0. The van der Waals surface area contributed by atoms with Crippen molar-refractivity contribution in [2.75, 3.05) is 37.5 Å². The van der Waals surface area contributed by atoms with E-state index in [9.17, 15) is 4.79 Å². The molecule has 1 fully saturated rings. The molecule has 0 saturated carbocycles. The lowest BCUT2D eigenvalue weighted by Crippen LogP contribution is -2.39. The zero-order valence-corrected chi connectivity index (χ0v) is 21.1. The largest absolute Gasteiger partial charge is 0.493 e. The number of rotatable bonds is 6. The molecule has 10 heteroatoms. The van der Waals surface area contributed by atoms with Gasteiger partial charge in [0.25, 0.3) is 0 Å². The van der Waals surface area contributed by atoms with Gasteiger partial charge < -0.3 is 19.7 Å². The monoisotopic (exact) mass is 492 g/mol. The highest BCUT2D eigenvalue weighted by Crippen LogP contribution is 2.36. The van der Waals surface area contributed by atoms with Crippen LogP contribution in [0.1, 0.15) is 24.2 Å². The number of aryl methyl sites for hydroxylation is 2. The van der Waals surface area contributed by atoms with Gasteiger partial charge in [0.1, 0.15) is 5.82 Å². The topological polar surface area (TPSA) is 93.9 Å². The van der Waals surface area contributed by atoms with Crippen LogP contribution in [0, 0.1) is 19.8 Å². The number of fused-ring (bicyclic) bond motifs is 1. The average molecular weight is 493 g/mol. The number of nitrogens with zero attached hydrogens (tertiary/aromatic N) is 5. The van der Waals surface area contributed by atoms with Crippen LogP contribution < -0.4 is 19.7 Å². The number of benzene rings is 1. The molecular weight excluding hydrogens is 464 g/mol. The van der Waals surface area contributed by atoms with E-state index < -0.39 is 0 Å². The van der Waals surface area contributed by atoms with Gasteiger partial charge >= 0.3 is 0 Å². The number of piperidine rings is 1. The lowest BCUT2D eigenvalue weighted by Gasteiger charge is -2.32. The van der Waals surface area contributed by atoms with E-state index >= 15 is 0 Å². The molecule has 1 aromatic carbocycles. The molecule has 0 unspecified atom stereocenters. The summed E-state index contributed by atoms with van der Waals surface area (Å²) < 4.78 is 12.8. The molecule has 9 nitrogen and oxygen atoms in total. The van der Waals surface area contributed by atoms with Crippen molar-refractivity contribution in [3.05, 3.63) is 47.2 Å². The molecule has 0 aliphatic carbocycles. The summed E-state index contributed by atoms with van der Waals surface area (Å²) in [6.45, 7) is 5.52. The van der Waals surface area contributed by atoms with Crippen molar-refractivity contribution in [2.24, 2.45) is 5.92 Å². The Bertz CT molecular complexity index is 1360. The van der Waals surface area contributed by atoms with E-state index in [4.69, 9.17) is 19.6 Å². The number of carbonyl (C=O) groups is 1. The second-order valence-corrected chi connectivity index (χ2v) is 9.50. The summed E-state index contributed by atoms with van der Waals surface area (Å²) in [6, 6.07) is 7.92. The Balaban J connectivity index is 1.43. The Kier molecular flexibility index (Phi) is 6.29. The van der Waals surface area contributed by atoms with Gasteiger partial charge in [0.05, 0.1) is 19.9 Å². The first kappa shape index (κ1) is 23.1. The molecule has 1 aliphatic heterocycles. The number of hydrogen-bond donors (Lipinski definition) is 1. The normalized spacial score (nSPS) is 14.3. The third-order valence-electron chi connectivity index (χ3n) is 6.40.